The lowest BCUT2D eigenvalue weighted by Crippen LogP contribution is -2.20. The van der Waals surface area contributed by atoms with Crippen molar-refractivity contribution in [3.8, 4) is 0 Å². The Hall–Kier alpha value is -2.05. The van der Waals surface area contributed by atoms with E-state index in [1.807, 2.05) is 6.92 Å². The van der Waals surface area contributed by atoms with Gasteiger partial charge in [-0.15, -0.1) is 10.2 Å². The first-order valence-electron chi connectivity index (χ1n) is 6.56. The number of hydrogen-bond acceptors (Lipinski definition) is 6. The molecular formula is C13H19N5O2. The molecule has 2 aromatic heterocycles. The SMILES string of the molecule is CC(Cc1conc1C(C)(C)C)C(=O)Cc1nn[nH]n1. The van der Waals surface area contributed by atoms with Crippen molar-refractivity contribution in [2.45, 2.75) is 46.0 Å². The number of rotatable bonds is 5. The van der Waals surface area contributed by atoms with Crippen LogP contribution in [0.4, 0.5) is 0 Å². The molecule has 0 aliphatic rings. The molecule has 1 atom stereocenters. The van der Waals surface area contributed by atoms with Gasteiger partial charge in [-0.2, -0.15) is 5.21 Å². The lowest BCUT2D eigenvalue weighted by molar-refractivity contribution is -0.121. The Morgan fingerprint density at radius 3 is 2.80 bits per heavy atom. The van der Waals surface area contributed by atoms with Crippen LogP contribution in [-0.2, 0) is 23.1 Å². The van der Waals surface area contributed by atoms with Gasteiger partial charge in [0.15, 0.2) is 5.82 Å². The Labute approximate surface area is 117 Å². The molecule has 2 heterocycles. The van der Waals surface area contributed by atoms with Gasteiger partial charge in [-0.3, -0.25) is 4.79 Å². The number of nitrogens with zero attached hydrogens (tertiary/aromatic N) is 4. The summed E-state index contributed by atoms with van der Waals surface area (Å²) in [6.07, 6.45) is 2.42. The molecule has 1 N–H and O–H groups in total. The largest absolute Gasteiger partial charge is 0.364 e. The molecule has 0 bridgehead atoms. The summed E-state index contributed by atoms with van der Waals surface area (Å²) in [6, 6.07) is 0. The van der Waals surface area contributed by atoms with Gasteiger partial charge in [0.2, 0.25) is 0 Å². The third-order valence-electron chi connectivity index (χ3n) is 3.15. The van der Waals surface area contributed by atoms with Gasteiger partial charge in [0.05, 0.1) is 12.1 Å². The Bertz CT molecular complexity index is 568. The molecule has 0 aliphatic heterocycles. The molecule has 1 unspecified atom stereocenters. The van der Waals surface area contributed by atoms with E-state index in [1.54, 1.807) is 6.26 Å². The van der Waals surface area contributed by atoms with Crippen molar-refractivity contribution in [2.75, 3.05) is 0 Å². The fourth-order valence-electron chi connectivity index (χ4n) is 2.05. The number of H-pyrrole nitrogens is 1. The van der Waals surface area contributed by atoms with E-state index < -0.39 is 0 Å². The van der Waals surface area contributed by atoms with E-state index in [2.05, 4.69) is 46.6 Å². The summed E-state index contributed by atoms with van der Waals surface area (Å²) in [5, 5.41) is 17.4. The molecule has 0 spiro atoms. The molecule has 20 heavy (non-hydrogen) atoms. The molecule has 0 saturated carbocycles. The normalized spacial score (nSPS) is 13.4. The van der Waals surface area contributed by atoms with Crippen LogP contribution in [0.1, 0.15) is 44.8 Å². The van der Waals surface area contributed by atoms with Gasteiger partial charge in [-0.05, 0) is 6.42 Å². The average Bonchev–Trinajstić information content (AvgIpc) is 2.98. The number of ketones is 1. The third kappa shape index (κ3) is 3.28. The number of carbonyl (C=O) groups is 1. The Morgan fingerprint density at radius 1 is 1.45 bits per heavy atom. The summed E-state index contributed by atoms with van der Waals surface area (Å²) in [5.74, 6) is 0.352. The number of Topliss-reactive ketones (excluding diaryl/α,β-unsaturated/α-hetero) is 1. The van der Waals surface area contributed by atoms with E-state index >= 15 is 0 Å². The number of aromatic nitrogens is 5. The molecule has 7 nitrogen and oxygen atoms in total. The van der Waals surface area contributed by atoms with E-state index in [9.17, 15) is 4.79 Å². The second-order valence-electron chi connectivity index (χ2n) is 6.01. The van der Waals surface area contributed by atoms with Crippen LogP contribution in [0.25, 0.3) is 0 Å². The monoisotopic (exact) mass is 277 g/mol. The van der Waals surface area contributed by atoms with Crippen molar-refractivity contribution in [3.63, 3.8) is 0 Å². The molecule has 2 aromatic rings. The molecule has 0 saturated heterocycles. The number of hydrogen-bond donors (Lipinski definition) is 1. The third-order valence-corrected chi connectivity index (χ3v) is 3.15. The zero-order valence-electron chi connectivity index (χ0n) is 12.2. The van der Waals surface area contributed by atoms with Crippen molar-refractivity contribution >= 4 is 5.78 Å². The van der Waals surface area contributed by atoms with Crippen molar-refractivity contribution in [2.24, 2.45) is 5.92 Å². The Kier molecular flexibility index (Phi) is 3.96. The zero-order chi connectivity index (χ0) is 14.8. The second-order valence-corrected chi connectivity index (χ2v) is 6.01. The topological polar surface area (TPSA) is 97.6 Å². The summed E-state index contributed by atoms with van der Waals surface area (Å²) in [6.45, 7) is 8.10. The van der Waals surface area contributed by atoms with E-state index in [0.29, 0.717) is 12.2 Å². The number of tetrazole rings is 1. The highest BCUT2D eigenvalue weighted by Gasteiger charge is 2.25. The lowest BCUT2D eigenvalue weighted by atomic mass is 9.86. The summed E-state index contributed by atoms with van der Waals surface area (Å²) in [5.41, 5.74) is 1.78. The van der Waals surface area contributed by atoms with Gasteiger partial charge in [0.1, 0.15) is 12.0 Å². The van der Waals surface area contributed by atoms with Gasteiger partial charge in [-0.25, -0.2) is 0 Å². The summed E-state index contributed by atoms with van der Waals surface area (Å²) < 4.78 is 5.06. The predicted octanol–water partition coefficient (Wildman–Crippen LogP) is 1.48. The minimum Gasteiger partial charge on any atom is -0.364 e. The van der Waals surface area contributed by atoms with Crippen LogP contribution in [0.15, 0.2) is 10.8 Å². The van der Waals surface area contributed by atoms with E-state index in [-0.39, 0.29) is 23.5 Å². The molecule has 108 valence electrons. The maximum Gasteiger partial charge on any atom is 0.181 e. The van der Waals surface area contributed by atoms with Crippen LogP contribution < -0.4 is 0 Å². The Balaban J connectivity index is 2.03. The molecule has 0 fully saturated rings. The van der Waals surface area contributed by atoms with Crippen molar-refractivity contribution < 1.29 is 9.32 Å². The Morgan fingerprint density at radius 2 is 2.20 bits per heavy atom. The highest BCUT2D eigenvalue weighted by molar-refractivity contribution is 5.82. The smallest absolute Gasteiger partial charge is 0.181 e. The number of nitrogens with one attached hydrogen (secondary N) is 1. The highest BCUT2D eigenvalue weighted by atomic mass is 16.5. The molecule has 0 amide bonds. The summed E-state index contributed by atoms with van der Waals surface area (Å²) >= 11 is 0. The molecule has 2 rings (SSSR count). The molecule has 0 aliphatic carbocycles. The molecule has 7 heteroatoms. The second kappa shape index (κ2) is 5.52. The van der Waals surface area contributed by atoms with Gasteiger partial charge in [0, 0.05) is 16.9 Å². The predicted molar refractivity (Wildman–Crippen MR) is 71.0 cm³/mol. The lowest BCUT2D eigenvalue weighted by Gasteiger charge is -2.17. The van der Waals surface area contributed by atoms with E-state index in [4.69, 9.17) is 4.52 Å². The van der Waals surface area contributed by atoms with Crippen LogP contribution in [-0.4, -0.2) is 31.6 Å². The van der Waals surface area contributed by atoms with Gasteiger partial charge in [0.25, 0.3) is 0 Å². The summed E-state index contributed by atoms with van der Waals surface area (Å²) in [7, 11) is 0. The first kappa shape index (κ1) is 14.4. The van der Waals surface area contributed by atoms with Crippen molar-refractivity contribution in [1.82, 2.24) is 25.8 Å². The van der Waals surface area contributed by atoms with Crippen LogP contribution >= 0.6 is 0 Å². The van der Waals surface area contributed by atoms with Gasteiger partial charge >= 0.3 is 0 Å². The average molecular weight is 277 g/mol. The van der Waals surface area contributed by atoms with Crippen LogP contribution in [0, 0.1) is 5.92 Å². The maximum atomic E-state index is 12.1. The fraction of sp³-hybridized carbons (Fsp3) is 0.615. The quantitative estimate of drug-likeness (QED) is 0.888. The van der Waals surface area contributed by atoms with Crippen LogP contribution in [0.2, 0.25) is 0 Å². The molecule has 0 aromatic carbocycles. The maximum absolute atomic E-state index is 12.1. The van der Waals surface area contributed by atoms with E-state index in [0.717, 1.165) is 11.3 Å². The first-order chi connectivity index (χ1) is 9.38. The van der Waals surface area contributed by atoms with Crippen LogP contribution in [0.3, 0.4) is 0 Å². The minimum absolute atomic E-state index is 0.0764. The standard InChI is InChI=1S/C13H19N5O2/c1-8(10(19)6-11-14-17-18-15-11)5-9-7-20-16-12(9)13(2,3)4/h7-8H,5-6H2,1-4H3,(H,14,15,17,18). The highest BCUT2D eigenvalue weighted by Crippen LogP contribution is 2.26. The molecule has 0 radical (unpaired) electrons. The van der Waals surface area contributed by atoms with Crippen LogP contribution in [0.5, 0.6) is 0 Å². The minimum atomic E-state index is -0.144. The van der Waals surface area contributed by atoms with Crippen molar-refractivity contribution in [3.05, 3.63) is 23.3 Å². The first-order valence-corrected chi connectivity index (χ1v) is 6.56. The van der Waals surface area contributed by atoms with Gasteiger partial charge in [-0.1, -0.05) is 38.1 Å². The fourth-order valence-corrected chi connectivity index (χ4v) is 2.05. The zero-order valence-corrected chi connectivity index (χ0v) is 12.2. The number of carbonyl (C=O) groups excluding carboxylic acids is 1. The van der Waals surface area contributed by atoms with Crippen molar-refractivity contribution in [1.29, 1.82) is 0 Å². The molecular weight excluding hydrogens is 258 g/mol. The van der Waals surface area contributed by atoms with E-state index in [1.165, 1.54) is 0 Å². The number of aromatic amines is 1. The summed E-state index contributed by atoms with van der Waals surface area (Å²) in [4.78, 5) is 12.1. The van der Waals surface area contributed by atoms with Gasteiger partial charge < -0.3 is 4.52 Å².